The number of nitrogens with two attached hydrogens (primary N) is 2. The van der Waals surface area contributed by atoms with Gasteiger partial charge in [0.15, 0.2) is 0 Å². The SMILES string of the molecule is N=C(C(C=NC1CCCC1)=C(N)OC(N)=NC1N=C(c2ccccc2)c2ccccc2NC1=O)N1CCOCC1. The summed E-state index contributed by atoms with van der Waals surface area (Å²) in [6.07, 6.45) is 4.64. The van der Waals surface area contributed by atoms with Crippen molar-refractivity contribution in [1.82, 2.24) is 4.90 Å². The number of anilines is 1. The fourth-order valence-electron chi connectivity index (χ4n) is 4.91. The first-order chi connectivity index (χ1) is 19.5. The van der Waals surface area contributed by atoms with Gasteiger partial charge in [0.2, 0.25) is 12.0 Å². The van der Waals surface area contributed by atoms with Gasteiger partial charge in [-0.1, -0.05) is 61.4 Å². The Morgan fingerprint density at radius 2 is 1.77 bits per heavy atom. The van der Waals surface area contributed by atoms with Crippen LogP contribution in [0.2, 0.25) is 0 Å². The van der Waals surface area contributed by atoms with E-state index < -0.39 is 12.1 Å². The second kappa shape index (κ2) is 12.6. The molecule has 0 aromatic heterocycles. The Kier molecular flexibility index (Phi) is 8.50. The van der Waals surface area contributed by atoms with Crippen LogP contribution in [0.25, 0.3) is 0 Å². The summed E-state index contributed by atoms with van der Waals surface area (Å²) >= 11 is 0. The van der Waals surface area contributed by atoms with Crippen LogP contribution in [0.5, 0.6) is 0 Å². The summed E-state index contributed by atoms with van der Waals surface area (Å²) in [5.41, 5.74) is 15.6. The van der Waals surface area contributed by atoms with Crippen molar-refractivity contribution >= 4 is 35.4 Å². The third-order valence-corrected chi connectivity index (χ3v) is 7.02. The first-order valence-corrected chi connectivity index (χ1v) is 13.5. The first-order valence-electron chi connectivity index (χ1n) is 13.5. The van der Waals surface area contributed by atoms with Crippen molar-refractivity contribution in [3.63, 3.8) is 0 Å². The van der Waals surface area contributed by atoms with Gasteiger partial charge in [0.1, 0.15) is 5.84 Å². The van der Waals surface area contributed by atoms with E-state index >= 15 is 0 Å². The van der Waals surface area contributed by atoms with Crippen LogP contribution in [0.1, 0.15) is 36.8 Å². The first kappa shape index (κ1) is 27.1. The third-order valence-electron chi connectivity index (χ3n) is 7.02. The molecule has 0 spiro atoms. The highest BCUT2D eigenvalue weighted by Crippen LogP contribution is 2.25. The summed E-state index contributed by atoms with van der Waals surface area (Å²) in [4.78, 5) is 28.6. The van der Waals surface area contributed by atoms with Crippen LogP contribution < -0.4 is 16.8 Å². The van der Waals surface area contributed by atoms with Crippen molar-refractivity contribution in [2.75, 3.05) is 31.6 Å². The van der Waals surface area contributed by atoms with Crippen LogP contribution >= 0.6 is 0 Å². The van der Waals surface area contributed by atoms with Crippen molar-refractivity contribution in [2.24, 2.45) is 26.4 Å². The topological polar surface area (TPSA) is 164 Å². The highest BCUT2D eigenvalue weighted by atomic mass is 16.5. The van der Waals surface area contributed by atoms with Crippen LogP contribution in [0, 0.1) is 5.41 Å². The van der Waals surface area contributed by atoms with E-state index in [-0.39, 0.29) is 23.8 Å². The van der Waals surface area contributed by atoms with E-state index in [1.54, 1.807) is 6.21 Å². The van der Waals surface area contributed by atoms with Gasteiger partial charge in [-0.3, -0.25) is 15.2 Å². The number of hydrogen-bond acceptors (Lipinski definition) is 8. The van der Waals surface area contributed by atoms with Crippen LogP contribution in [-0.4, -0.2) is 73.1 Å². The number of fused-ring (bicyclic) bond motifs is 1. The second-order valence-corrected chi connectivity index (χ2v) is 9.76. The molecule has 2 heterocycles. The van der Waals surface area contributed by atoms with Gasteiger partial charge >= 0.3 is 0 Å². The number of benzene rings is 2. The summed E-state index contributed by atoms with van der Waals surface area (Å²) in [5, 5.41) is 11.7. The van der Waals surface area contributed by atoms with E-state index in [1.807, 2.05) is 59.5 Å². The number of benzodiazepines with no additional fused rings is 1. The van der Waals surface area contributed by atoms with Gasteiger partial charge in [-0.05, 0) is 18.9 Å². The van der Waals surface area contributed by atoms with E-state index in [1.165, 1.54) is 0 Å². The Balaban J connectivity index is 1.44. The molecule has 11 heteroatoms. The Labute approximate surface area is 233 Å². The van der Waals surface area contributed by atoms with Crippen LogP contribution in [0.15, 0.2) is 81.0 Å². The smallest absolute Gasteiger partial charge is 0.291 e. The number of hydrogen-bond donors (Lipinski definition) is 4. The molecule has 1 atom stereocenters. The lowest BCUT2D eigenvalue weighted by Gasteiger charge is -2.29. The Hall–Kier alpha value is -4.51. The van der Waals surface area contributed by atoms with Crippen LogP contribution in [0.4, 0.5) is 5.69 Å². The lowest BCUT2D eigenvalue weighted by molar-refractivity contribution is -0.117. The second-order valence-electron chi connectivity index (χ2n) is 9.76. The van der Waals surface area contributed by atoms with Crippen molar-refractivity contribution < 1.29 is 14.3 Å². The van der Waals surface area contributed by atoms with Crippen LogP contribution in [0.3, 0.4) is 0 Å². The number of para-hydroxylation sites is 1. The summed E-state index contributed by atoms with van der Waals surface area (Å²) in [7, 11) is 0. The number of carbonyl (C=O) groups excluding carboxylic acids is 1. The van der Waals surface area contributed by atoms with Gasteiger partial charge in [0, 0.05) is 36.5 Å². The quantitative estimate of drug-likeness (QED) is 0.249. The lowest BCUT2D eigenvalue weighted by Crippen LogP contribution is -2.42. The van der Waals surface area contributed by atoms with Gasteiger partial charge in [-0.25, -0.2) is 4.99 Å². The molecule has 1 saturated heterocycles. The zero-order valence-corrected chi connectivity index (χ0v) is 22.3. The number of ether oxygens (including phenoxy) is 2. The summed E-state index contributed by atoms with van der Waals surface area (Å²) in [5.74, 6) is -0.414. The maximum Gasteiger partial charge on any atom is 0.291 e. The maximum atomic E-state index is 13.1. The zero-order valence-electron chi connectivity index (χ0n) is 22.3. The largest absolute Gasteiger partial charge is 0.409 e. The van der Waals surface area contributed by atoms with Gasteiger partial charge in [0.25, 0.3) is 11.9 Å². The highest BCUT2D eigenvalue weighted by Gasteiger charge is 2.27. The normalized spacial score (nSPS) is 20.9. The Bertz CT molecular complexity index is 1360. The Morgan fingerprint density at radius 1 is 1.07 bits per heavy atom. The molecular weight excluding hydrogens is 508 g/mol. The molecule has 1 unspecified atom stereocenters. The number of carbonyl (C=O) groups is 1. The molecule has 0 radical (unpaired) electrons. The van der Waals surface area contributed by atoms with Crippen molar-refractivity contribution in [3.8, 4) is 0 Å². The average molecular weight is 543 g/mol. The van der Waals surface area contributed by atoms with Crippen molar-refractivity contribution in [2.45, 2.75) is 37.9 Å². The molecule has 5 rings (SSSR count). The van der Waals surface area contributed by atoms with E-state index in [0.717, 1.165) is 36.8 Å². The van der Waals surface area contributed by atoms with E-state index in [9.17, 15) is 4.79 Å². The predicted octanol–water partition coefficient (Wildman–Crippen LogP) is 2.63. The fourth-order valence-corrected chi connectivity index (χ4v) is 4.91. The molecule has 6 N–H and O–H groups in total. The molecule has 0 bridgehead atoms. The number of aliphatic imine (C=N–C) groups is 3. The fraction of sp³-hybridized carbons (Fsp3) is 0.345. The monoisotopic (exact) mass is 542 g/mol. The molecule has 208 valence electrons. The lowest BCUT2D eigenvalue weighted by atomic mass is 10.0. The molecule has 2 aliphatic heterocycles. The van der Waals surface area contributed by atoms with E-state index in [2.05, 4.69) is 20.3 Å². The standard InChI is InChI=1S/C29H34N8O3/c30-25(37-14-16-39-17-15-37)22(18-33-20-10-4-5-11-20)26(31)40-29(32)36-27-28(38)34-23-13-7-6-12-21(23)24(35-27)19-8-2-1-3-9-19/h1-3,6-9,12-13,18,20,27,30H,4-5,10-11,14-17,31H2,(H2,32,36)(H,34,38). The predicted molar refractivity (Wildman–Crippen MR) is 156 cm³/mol. The molecule has 11 nitrogen and oxygen atoms in total. The van der Waals surface area contributed by atoms with Gasteiger partial charge in [0.05, 0.1) is 30.2 Å². The minimum Gasteiger partial charge on any atom is -0.409 e. The minimum atomic E-state index is -1.22. The molecule has 1 aliphatic carbocycles. The number of nitrogens with one attached hydrogen (secondary N) is 2. The molecule has 1 amide bonds. The summed E-state index contributed by atoms with van der Waals surface area (Å²) in [6, 6.07) is 16.8. The third kappa shape index (κ3) is 6.37. The van der Waals surface area contributed by atoms with Gasteiger partial charge in [-0.2, -0.15) is 4.99 Å². The number of morpholine rings is 1. The number of amidine groups is 2. The van der Waals surface area contributed by atoms with Crippen molar-refractivity contribution in [3.05, 3.63) is 77.2 Å². The molecule has 2 aromatic rings. The van der Waals surface area contributed by atoms with Crippen LogP contribution in [-0.2, 0) is 14.3 Å². The summed E-state index contributed by atoms with van der Waals surface area (Å²) in [6.45, 7) is 2.13. The molecule has 3 aliphatic rings. The zero-order chi connectivity index (χ0) is 27.9. The minimum absolute atomic E-state index is 0.121. The maximum absolute atomic E-state index is 13.1. The van der Waals surface area contributed by atoms with Gasteiger partial charge < -0.3 is 31.2 Å². The molecular formula is C29H34N8O3. The summed E-state index contributed by atoms with van der Waals surface area (Å²) < 4.78 is 11.1. The molecule has 1 saturated carbocycles. The van der Waals surface area contributed by atoms with Gasteiger partial charge in [-0.15, -0.1) is 0 Å². The average Bonchev–Trinajstić information content (AvgIpc) is 3.45. The molecule has 2 aromatic carbocycles. The highest BCUT2D eigenvalue weighted by molar-refractivity contribution is 6.19. The number of amides is 1. The number of rotatable bonds is 6. The number of nitrogens with zero attached hydrogens (tertiary/aromatic N) is 4. The van der Waals surface area contributed by atoms with E-state index in [0.29, 0.717) is 43.3 Å². The molecule has 2 fully saturated rings. The Morgan fingerprint density at radius 3 is 2.52 bits per heavy atom. The molecule has 40 heavy (non-hydrogen) atoms. The van der Waals surface area contributed by atoms with Crippen molar-refractivity contribution in [1.29, 1.82) is 5.41 Å². The van der Waals surface area contributed by atoms with E-state index in [4.69, 9.17) is 26.4 Å².